The Balaban J connectivity index is 1.44. The Kier molecular flexibility index (Phi) is 3.74. The number of anilines is 2. The smallest absolute Gasteiger partial charge is 0.325 e. The van der Waals surface area contributed by atoms with Crippen molar-refractivity contribution in [3.05, 3.63) is 77.8 Å². The first-order valence-electron chi connectivity index (χ1n) is 9.31. The van der Waals surface area contributed by atoms with E-state index in [1.807, 2.05) is 42.5 Å². The Morgan fingerprint density at radius 3 is 2.97 bits per heavy atom. The fourth-order valence-electron chi connectivity index (χ4n) is 4.28. The number of aromatic nitrogens is 1. The molecule has 1 spiro atoms. The highest BCUT2D eigenvalue weighted by molar-refractivity contribution is 6.07. The van der Waals surface area contributed by atoms with Gasteiger partial charge in [0.15, 0.2) is 0 Å². The Bertz CT molecular complexity index is 1200. The van der Waals surface area contributed by atoms with Gasteiger partial charge in [-0.05, 0) is 29.8 Å². The molecule has 1 saturated heterocycles. The predicted octanol–water partition coefficient (Wildman–Crippen LogP) is 3.61. The van der Waals surface area contributed by atoms with Crippen LogP contribution in [0.2, 0.25) is 0 Å². The van der Waals surface area contributed by atoms with E-state index in [-0.39, 0.29) is 18.9 Å². The number of amides is 3. The Morgan fingerprint density at radius 1 is 1.24 bits per heavy atom. The number of benzene rings is 2. The summed E-state index contributed by atoms with van der Waals surface area (Å²) in [5.74, 6) is -0.155. The fourth-order valence-corrected chi connectivity index (χ4v) is 4.28. The number of hydrogen-bond donors (Lipinski definition) is 2. The van der Waals surface area contributed by atoms with Gasteiger partial charge >= 0.3 is 12.2 Å². The maximum absolute atomic E-state index is 13.0. The van der Waals surface area contributed by atoms with Crippen LogP contribution in [0.4, 0.5) is 16.2 Å². The first-order valence-corrected chi connectivity index (χ1v) is 9.31. The molecular weight excluding hydrogens is 366 g/mol. The van der Waals surface area contributed by atoms with Crippen molar-refractivity contribution in [2.75, 3.05) is 17.2 Å². The molecule has 0 unspecified atom stereocenters. The molecule has 0 aliphatic carbocycles. The van der Waals surface area contributed by atoms with Crippen molar-refractivity contribution in [1.29, 1.82) is 0 Å². The van der Waals surface area contributed by atoms with Crippen LogP contribution >= 0.6 is 0 Å². The number of para-hydroxylation sites is 1. The molecule has 7 nitrogen and oxygen atoms in total. The van der Waals surface area contributed by atoms with Crippen molar-refractivity contribution in [1.82, 2.24) is 9.88 Å². The zero-order chi connectivity index (χ0) is 20.0. The van der Waals surface area contributed by atoms with E-state index in [0.29, 0.717) is 5.69 Å². The molecule has 0 radical (unpaired) electrons. The molecule has 2 aliphatic rings. The molecule has 29 heavy (non-hydrogen) atoms. The number of pyridine rings is 1. The second-order valence-corrected chi connectivity index (χ2v) is 7.36. The summed E-state index contributed by atoms with van der Waals surface area (Å²) in [5, 5.41) is 6.73. The Labute approximate surface area is 167 Å². The molecule has 0 saturated carbocycles. The van der Waals surface area contributed by atoms with E-state index in [9.17, 15) is 9.59 Å². The van der Waals surface area contributed by atoms with Crippen molar-refractivity contribution >= 4 is 34.2 Å². The molecular formula is C22H17N5O2. The quantitative estimate of drug-likeness (QED) is 0.630. The Morgan fingerprint density at radius 2 is 2.10 bits per heavy atom. The number of carbonyl (C=O) groups excluding carboxylic acids is 2. The minimum absolute atomic E-state index is 0.155. The molecule has 7 heteroatoms. The largest absolute Gasteiger partial charge is 0.327 e. The molecule has 2 aromatic carbocycles. The minimum Gasteiger partial charge on any atom is -0.325 e. The zero-order valence-corrected chi connectivity index (χ0v) is 15.4. The average molecular weight is 383 g/mol. The van der Waals surface area contributed by atoms with Crippen molar-refractivity contribution in [3.8, 4) is 0 Å². The number of carbonyl (C=O) groups is 2. The number of fused-ring (bicyclic) bond motifs is 3. The number of likely N-dealkylation sites (tertiary alicyclic amines) is 1. The van der Waals surface area contributed by atoms with Gasteiger partial charge in [-0.2, -0.15) is 0 Å². The molecule has 3 amide bonds. The molecule has 3 heterocycles. The first kappa shape index (κ1) is 17.2. The van der Waals surface area contributed by atoms with Crippen LogP contribution < -0.4 is 10.6 Å². The summed E-state index contributed by atoms with van der Waals surface area (Å²) < 4.78 is 0. The highest BCUT2D eigenvalue weighted by atomic mass is 16.2. The summed E-state index contributed by atoms with van der Waals surface area (Å²) >= 11 is 0. The molecule has 2 N–H and O–H groups in total. The van der Waals surface area contributed by atoms with Gasteiger partial charge in [0.1, 0.15) is 5.41 Å². The summed E-state index contributed by atoms with van der Waals surface area (Å²) in [6.45, 7) is 7.74. The molecule has 2 atom stereocenters. The summed E-state index contributed by atoms with van der Waals surface area (Å²) in [6.07, 6.45) is 1.28. The second-order valence-electron chi connectivity index (χ2n) is 7.36. The van der Waals surface area contributed by atoms with Gasteiger partial charge in [0, 0.05) is 29.5 Å². The van der Waals surface area contributed by atoms with Crippen molar-refractivity contribution in [3.63, 3.8) is 0 Å². The second kappa shape index (κ2) is 6.31. The number of nitrogens with one attached hydrogen (secondary N) is 2. The lowest BCUT2D eigenvalue weighted by atomic mass is 9.80. The third kappa shape index (κ3) is 2.61. The van der Waals surface area contributed by atoms with Crippen LogP contribution in [0.3, 0.4) is 0 Å². The molecule has 1 fully saturated rings. The van der Waals surface area contributed by atoms with E-state index < -0.39 is 17.6 Å². The third-order valence-corrected chi connectivity index (χ3v) is 5.72. The lowest BCUT2D eigenvalue weighted by Crippen LogP contribution is -2.41. The van der Waals surface area contributed by atoms with Gasteiger partial charge in [0.05, 0.1) is 11.9 Å². The topological polar surface area (TPSA) is 78.7 Å². The monoisotopic (exact) mass is 383 g/mol. The lowest BCUT2D eigenvalue weighted by Gasteiger charge is -2.21. The van der Waals surface area contributed by atoms with E-state index >= 15 is 0 Å². The molecule has 1 aromatic heterocycles. The lowest BCUT2D eigenvalue weighted by molar-refractivity contribution is -0.120. The standard InChI is InChI=1S/C22H17N5O2/c1-23-19-12-22(16-6-2-3-7-17(16)26-20(22)28)13-27(19)21(29)25-15-9-8-14-5-4-10-24-18(14)11-15/h2-11,19H,12-13H2,(H,25,29)(H,26,28)/t19-,22-/m0/s1. The SMILES string of the molecule is [C-]#[N+][C@@H]1C[C@@]2(CN1C(=O)Nc1ccc3cccnc3c1)C(=O)Nc1ccccc12. The minimum atomic E-state index is -0.881. The van der Waals surface area contributed by atoms with Crippen LogP contribution in [-0.2, 0) is 10.2 Å². The zero-order valence-electron chi connectivity index (χ0n) is 15.4. The van der Waals surface area contributed by atoms with Crippen molar-refractivity contribution in [2.45, 2.75) is 18.0 Å². The van der Waals surface area contributed by atoms with Crippen LogP contribution in [-0.4, -0.2) is 34.5 Å². The van der Waals surface area contributed by atoms with Crippen molar-refractivity contribution < 1.29 is 9.59 Å². The Hall–Kier alpha value is -3.92. The van der Waals surface area contributed by atoms with Gasteiger partial charge in [-0.1, -0.05) is 30.3 Å². The van der Waals surface area contributed by atoms with E-state index in [1.165, 1.54) is 4.90 Å². The average Bonchev–Trinajstić information content (AvgIpc) is 3.27. The maximum Gasteiger partial charge on any atom is 0.327 e. The molecule has 3 aromatic rings. The highest BCUT2D eigenvalue weighted by Crippen LogP contribution is 2.46. The van der Waals surface area contributed by atoms with Gasteiger partial charge in [-0.3, -0.25) is 19.5 Å². The van der Waals surface area contributed by atoms with E-state index in [1.54, 1.807) is 18.3 Å². The van der Waals surface area contributed by atoms with Gasteiger partial charge < -0.3 is 10.6 Å². The van der Waals surface area contributed by atoms with E-state index in [2.05, 4.69) is 20.5 Å². The number of rotatable bonds is 1. The van der Waals surface area contributed by atoms with Crippen molar-refractivity contribution in [2.24, 2.45) is 0 Å². The van der Waals surface area contributed by atoms with Crippen LogP contribution in [0.15, 0.2) is 60.8 Å². The van der Waals surface area contributed by atoms with Crippen LogP contribution in [0, 0.1) is 6.57 Å². The van der Waals surface area contributed by atoms with Gasteiger partial charge in [0.2, 0.25) is 5.91 Å². The van der Waals surface area contributed by atoms with Gasteiger partial charge in [-0.25, -0.2) is 11.4 Å². The molecule has 5 rings (SSSR count). The number of nitrogens with zero attached hydrogens (tertiary/aromatic N) is 3. The molecule has 142 valence electrons. The maximum atomic E-state index is 13.0. The highest BCUT2D eigenvalue weighted by Gasteiger charge is 2.58. The molecule has 0 bridgehead atoms. The molecule has 2 aliphatic heterocycles. The van der Waals surface area contributed by atoms with E-state index in [0.717, 1.165) is 22.2 Å². The predicted molar refractivity (Wildman–Crippen MR) is 109 cm³/mol. The van der Waals surface area contributed by atoms with Gasteiger partial charge in [0.25, 0.3) is 0 Å². The number of hydrogen-bond acceptors (Lipinski definition) is 3. The number of urea groups is 1. The van der Waals surface area contributed by atoms with Crippen LogP contribution in [0.1, 0.15) is 12.0 Å². The summed E-state index contributed by atoms with van der Waals surface area (Å²) in [5.41, 5.74) is 2.10. The van der Waals surface area contributed by atoms with E-state index in [4.69, 9.17) is 6.57 Å². The fraction of sp³-hybridized carbons (Fsp3) is 0.182. The summed E-state index contributed by atoms with van der Waals surface area (Å²) in [4.78, 5) is 35.2. The summed E-state index contributed by atoms with van der Waals surface area (Å²) in [6, 6.07) is 16.4. The van der Waals surface area contributed by atoms with Gasteiger partial charge in [-0.15, -0.1) is 0 Å². The first-order chi connectivity index (χ1) is 14.1. The van der Waals surface area contributed by atoms with Crippen LogP contribution in [0.5, 0.6) is 0 Å². The summed E-state index contributed by atoms with van der Waals surface area (Å²) in [7, 11) is 0. The normalized spacial score (nSPS) is 22.4. The third-order valence-electron chi connectivity index (χ3n) is 5.72. The van der Waals surface area contributed by atoms with Crippen LogP contribution in [0.25, 0.3) is 15.7 Å².